The first-order valence-electron chi connectivity index (χ1n) is 10.1. The number of aromatic hydroxyl groups is 1. The van der Waals surface area contributed by atoms with Crippen molar-refractivity contribution in [1.82, 2.24) is 5.32 Å². The molecule has 3 aromatic carbocycles. The van der Waals surface area contributed by atoms with Crippen LogP contribution in [-0.4, -0.2) is 24.4 Å². The summed E-state index contributed by atoms with van der Waals surface area (Å²) in [6.45, 7) is 2.44. The highest BCUT2D eigenvalue weighted by molar-refractivity contribution is 6.32. The van der Waals surface area contributed by atoms with Crippen LogP contribution in [0.2, 0.25) is 5.02 Å². The third kappa shape index (κ3) is 4.52. The number of rotatable bonds is 4. The van der Waals surface area contributed by atoms with Crippen LogP contribution in [0.15, 0.2) is 60.7 Å². The van der Waals surface area contributed by atoms with E-state index in [4.69, 9.17) is 16.3 Å². The molecule has 0 atom stereocenters. The molecular formula is C26H22ClNO3. The van der Waals surface area contributed by atoms with Gasteiger partial charge in [0, 0.05) is 24.4 Å². The Hall–Kier alpha value is -3.42. The molecule has 5 heteroatoms. The zero-order valence-electron chi connectivity index (χ0n) is 17.1. The minimum atomic E-state index is -0.452. The van der Waals surface area contributed by atoms with Gasteiger partial charge in [0.1, 0.15) is 12.4 Å². The van der Waals surface area contributed by atoms with Crippen LogP contribution >= 0.6 is 11.6 Å². The lowest BCUT2D eigenvalue weighted by Gasteiger charge is -2.14. The van der Waals surface area contributed by atoms with Crippen molar-refractivity contribution in [3.05, 3.63) is 87.9 Å². The van der Waals surface area contributed by atoms with E-state index in [0.717, 1.165) is 5.56 Å². The van der Waals surface area contributed by atoms with E-state index in [1.807, 2.05) is 24.3 Å². The molecule has 3 aromatic rings. The number of alkyl carbamates (subject to hydrolysis) is 1. The van der Waals surface area contributed by atoms with Gasteiger partial charge in [0.05, 0.1) is 5.02 Å². The zero-order valence-corrected chi connectivity index (χ0v) is 17.9. The van der Waals surface area contributed by atoms with Gasteiger partial charge in [-0.05, 0) is 46.9 Å². The summed E-state index contributed by atoms with van der Waals surface area (Å²) in [6.07, 6.45) is 0.0223. The number of hydrogen-bond acceptors (Lipinski definition) is 3. The lowest BCUT2D eigenvalue weighted by atomic mass is 9.98. The second kappa shape index (κ2) is 9.16. The number of aryl methyl sites for hydroxylation is 1. The van der Waals surface area contributed by atoms with E-state index >= 15 is 0 Å². The van der Waals surface area contributed by atoms with Gasteiger partial charge < -0.3 is 15.2 Å². The zero-order chi connectivity index (χ0) is 21.8. The van der Waals surface area contributed by atoms with E-state index in [9.17, 15) is 9.90 Å². The number of carbonyl (C=O) groups excluding carboxylic acids is 1. The van der Waals surface area contributed by atoms with Crippen molar-refractivity contribution >= 4 is 17.7 Å². The minimum absolute atomic E-state index is 0.0421. The molecule has 4 rings (SSSR count). The monoisotopic (exact) mass is 431 g/mol. The Bertz CT molecular complexity index is 1120. The SMILES string of the molecule is Cc1cc(C#CCCNC(=O)OCC2c3ccccc3-c3ccccc32)cc(Cl)c1O. The van der Waals surface area contributed by atoms with Gasteiger partial charge in [-0.15, -0.1) is 0 Å². The van der Waals surface area contributed by atoms with Gasteiger partial charge >= 0.3 is 6.09 Å². The number of halogens is 1. The van der Waals surface area contributed by atoms with Gasteiger partial charge in [-0.25, -0.2) is 4.79 Å². The molecule has 0 saturated carbocycles. The van der Waals surface area contributed by atoms with Crippen molar-refractivity contribution < 1.29 is 14.6 Å². The summed E-state index contributed by atoms with van der Waals surface area (Å²) < 4.78 is 5.51. The van der Waals surface area contributed by atoms with Crippen LogP contribution < -0.4 is 5.32 Å². The predicted octanol–water partition coefficient (Wildman–Crippen LogP) is 5.63. The molecule has 1 amide bonds. The Kier molecular flexibility index (Phi) is 6.16. The first-order chi connectivity index (χ1) is 15.0. The first kappa shape index (κ1) is 20.8. The summed E-state index contributed by atoms with van der Waals surface area (Å²) >= 11 is 5.96. The molecule has 0 heterocycles. The van der Waals surface area contributed by atoms with E-state index < -0.39 is 6.09 Å². The number of ether oxygens (including phenoxy) is 1. The number of phenolic OH excluding ortho intramolecular Hbond substituents is 1. The van der Waals surface area contributed by atoms with Crippen LogP contribution in [0.4, 0.5) is 4.79 Å². The van der Waals surface area contributed by atoms with Crippen LogP contribution in [0.5, 0.6) is 5.75 Å². The number of fused-ring (bicyclic) bond motifs is 3. The molecule has 31 heavy (non-hydrogen) atoms. The molecule has 156 valence electrons. The Morgan fingerprint density at radius 3 is 2.39 bits per heavy atom. The van der Waals surface area contributed by atoms with E-state index in [1.165, 1.54) is 22.3 Å². The summed E-state index contributed by atoms with van der Waals surface area (Å²) in [6, 6.07) is 19.9. The van der Waals surface area contributed by atoms with E-state index in [1.54, 1.807) is 19.1 Å². The maximum atomic E-state index is 12.2. The van der Waals surface area contributed by atoms with Gasteiger partial charge in [0.15, 0.2) is 0 Å². The summed E-state index contributed by atoms with van der Waals surface area (Å²) in [7, 11) is 0. The maximum Gasteiger partial charge on any atom is 0.407 e. The molecule has 0 unspecified atom stereocenters. The first-order valence-corrected chi connectivity index (χ1v) is 10.5. The predicted molar refractivity (Wildman–Crippen MR) is 122 cm³/mol. The summed E-state index contributed by atoms with van der Waals surface area (Å²) in [5, 5.41) is 12.7. The highest BCUT2D eigenvalue weighted by Gasteiger charge is 2.28. The van der Waals surface area contributed by atoms with Crippen molar-refractivity contribution in [1.29, 1.82) is 0 Å². The quantitative estimate of drug-likeness (QED) is 0.415. The number of benzene rings is 3. The highest BCUT2D eigenvalue weighted by atomic mass is 35.5. The number of amides is 1. The fraction of sp³-hybridized carbons (Fsp3) is 0.192. The van der Waals surface area contributed by atoms with Crippen LogP contribution in [-0.2, 0) is 4.74 Å². The van der Waals surface area contributed by atoms with Crippen molar-refractivity contribution in [3.63, 3.8) is 0 Å². The van der Waals surface area contributed by atoms with Gasteiger partial charge in [0.25, 0.3) is 0 Å². The van der Waals surface area contributed by atoms with Crippen LogP contribution in [0.1, 0.15) is 34.6 Å². The molecule has 0 aromatic heterocycles. The fourth-order valence-corrected chi connectivity index (χ4v) is 4.12. The van der Waals surface area contributed by atoms with Crippen molar-refractivity contribution in [2.45, 2.75) is 19.3 Å². The van der Waals surface area contributed by atoms with E-state index in [0.29, 0.717) is 18.5 Å². The summed E-state index contributed by atoms with van der Waals surface area (Å²) in [4.78, 5) is 12.2. The van der Waals surface area contributed by atoms with Crippen LogP contribution in [0.3, 0.4) is 0 Å². The molecule has 2 N–H and O–H groups in total. The standard InChI is InChI=1S/C26H22ClNO3/c1-17-14-18(15-24(27)25(17)29)8-6-7-13-28-26(30)31-16-23-21-11-4-2-9-19(21)20-10-3-5-12-22(20)23/h2-5,9-12,14-15,23,29H,7,13,16H2,1H3,(H,28,30). The second-order valence-electron chi connectivity index (χ2n) is 7.43. The van der Waals surface area contributed by atoms with Crippen molar-refractivity contribution in [2.75, 3.05) is 13.2 Å². The lowest BCUT2D eigenvalue weighted by molar-refractivity contribution is 0.143. The average Bonchev–Trinajstić information content (AvgIpc) is 3.09. The maximum absolute atomic E-state index is 12.2. The molecule has 0 spiro atoms. The Balaban J connectivity index is 1.29. The topological polar surface area (TPSA) is 58.6 Å². The van der Waals surface area contributed by atoms with Crippen LogP contribution in [0, 0.1) is 18.8 Å². The molecule has 0 radical (unpaired) electrons. The normalized spacial score (nSPS) is 11.8. The number of carbonyl (C=O) groups is 1. The van der Waals surface area contributed by atoms with Gasteiger partial charge in [-0.2, -0.15) is 0 Å². The molecule has 0 bridgehead atoms. The molecule has 0 aliphatic heterocycles. The molecular weight excluding hydrogens is 410 g/mol. The van der Waals surface area contributed by atoms with E-state index in [-0.39, 0.29) is 23.3 Å². The molecule has 0 saturated heterocycles. The number of hydrogen-bond donors (Lipinski definition) is 2. The third-order valence-corrected chi connectivity index (χ3v) is 5.64. The summed E-state index contributed by atoms with van der Waals surface area (Å²) in [5.74, 6) is 6.10. The number of nitrogens with one attached hydrogen (secondary N) is 1. The summed E-state index contributed by atoms with van der Waals surface area (Å²) in [5.41, 5.74) is 6.17. The third-order valence-electron chi connectivity index (χ3n) is 5.35. The van der Waals surface area contributed by atoms with Crippen molar-refractivity contribution in [3.8, 4) is 28.7 Å². The Morgan fingerprint density at radius 1 is 1.10 bits per heavy atom. The van der Waals surface area contributed by atoms with Gasteiger partial charge in [0.2, 0.25) is 0 Å². The van der Waals surface area contributed by atoms with Gasteiger partial charge in [-0.3, -0.25) is 0 Å². The minimum Gasteiger partial charge on any atom is -0.506 e. The Labute approximate surface area is 186 Å². The fourth-order valence-electron chi connectivity index (χ4n) is 3.85. The van der Waals surface area contributed by atoms with Gasteiger partial charge in [-0.1, -0.05) is 72.0 Å². The van der Waals surface area contributed by atoms with Crippen molar-refractivity contribution in [2.24, 2.45) is 0 Å². The smallest absolute Gasteiger partial charge is 0.407 e. The second-order valence-corrected chi connectivity index (χ2v) is 7.83. The lowest BCUT2D eigenvalue weighted by Crippen LogP contribution is -2.26. The highest BCUT2D eigenvalue weighted by Crippen LogP contribution is 2.44. The molecule has 4 nitrogen and oxygen atoms in total. The number of phenols is 1. The molecule has 1 aliphatic carbocycles. The van der Waals surface area contributed by atoms with E-state index in [2.05, 4.69) is 41.4 Å². The largest absolute Gasteiger partial charge is 0.506 e. The molecule has 0 fully saturated rings. The Morgan fingerprint density at radius 2 is 1.74 bits per heavy atom. The average molecular weight is 432 g/mol. The van der Waals surface area contributed by atoms with Crippen LogP contribution in [0.25, 0.3) is 11.1 Å². The molecule has 1 aliphatic rings.